The van der Waals surface area contributed by atoms with Gasteiger partial charge in [-0.05, 0) is 35.9 Å². The number of nitrogens with one attached hydrogen (secondary N) is 1. The fourth-order valence-corrected chi connectivity index (χ4v) is 2.81. The number of hydrogen-bond donors (Lipinski definition) is 1. The summed E-state index contributed by atoms with van der Waals surface area (Å²) in [5.74, 6) is 0.536. The first-order valence-electron chi connectivity index (χ1n) is 6.20. The van der Waals surface area contributed by atoms with Crippen LogP contribution in [0.4, 0.5) is 10.1 Å². The minimum absolute atomic E-state index is 0.316. The van der Waals surface area contributed by atoms with Crippen molar-refractivity contribution in [2.75, 3.05) is 11.1 Å². The minimum atomic E-state index is -0.316. The van der Waals surface area contributed by atoms with Gasteiger partial charge in [0.05, 0.1) is 0 Å². The summed E-state index contributed by atoms with van der Waals surface area (Å²) in [4.78, 5) is 1.15. The number of rotatable bonds is 6. The van der Waals surface area contributed by atoms with Gasteiger partial charge in [0.1, 0.15) is 5.82 Å². The summed E-state index contributed by atoms with van der Waals surface area (Å²) in [6, 6.07) is 12.6. The van der Waals surface area contributed by atoms with Gasteiger partial charge in [-0.2, -0.15) is 0 Å². The SMILES string of the molecule is C=CCSc1ccccc1NCc1cc(F)cc(Cl)c1. The van der Waals surface area contributed by atoms with E-state index in [0.717, 1.165) is 21.9 Å². The van der Waals surface area contributed by atoms with Crippen molar-refractivity contribution in [1.29, 1.82) is 0 Å². The Labute approximate surface area is 127 Å². The second-order valence-corrected chi connectivity index (χ2v) is 5.73. The summed E-state index contributed by atoms with van der Waals surface area (Å²) >= 11 is 7.56. The molecule has 104 valence electrons. The van der Waals surface area contributed by atoms with Crippen LogP contribution in [0.25, 0.3) is 0 Å². The second kappa shape index (κ2) is 7.36. The largest absolute Gasteiger partial charge is 0.380 e. The van der Waals surface area contributed by atoms with Crippen LogP contribution in [0.2, 0.25) is 5.02 Å². The summed E-state index contributed by atoms with van der Waals surface area (Å²) < 4.78 is 13.3. The molecule has 0 saturated carbocycles. The quantitative estimate of drug-likeness (QED) is 0.569. The Kier molecular flexibility index (Phi) is 5.50. The van der Waals surface area contributed by atoms with Gasteiger partial charge in [-0.15, -0.1) is 18.3 Å². The van der Waals surface area contributed by atoms with Gasteiger partial charge in [-0.1, -0.05) is 29.8 Å². The highest BCUT2D eigenvalue weighted by Crippen LogP contribution is 2.27. The molecule has 0 saturated heterocycles. The maximum absolute atomic E-state index is 13.3. The third-order valence-corrected chi connectivity index (χ3v) is 3.94. The van der Waals surface area contributed by atoms with Crippen LogP contribution in [-0.2, 0) is 6.54 Å². The molecule has 0 fully saturated rings. The molecule has 2 rings (SSSR count). The first-order chi connectivity index (χ1) is 9.69. The van der Waals surface area contributed by atoms with Gasteiger partial charge in [0.2, 0.25) is 0 Å². The van der Waals surface area contributed by atoms with Gasteiger partial charge in [-0.25, -0.2) is 4.39 Å². The topological polar surface area (TPSA) is 12.0 Å². The molecular weight excluding hydrogens is 293 g/mol. The highest BCUT2D eigenvalue weighted by molar-refractivity contribution is 7.99. The molecule has 2 aromatic rings. The standard InChI is InChI=1S/C16H15ClFNS/c1-2-7-20-16-6-4-3-5-15(16)19-11-12-8-13(17)10-14(18)9-12/h2-6,8-10,19H,1,7,11H2. The van der Waals surface area contributed by atoms with Gasteiger partial charge < -0.3 is 5.32 Å². The third kappa shape index (κ3) is 4.29. The number of hydrogen-bond acceptors (Lipinski definition) is 2. The molecule has 0 unspecified atom stereocenters. The summed E-state index contributed by atoms with van der Waals surface area (Å²) in [6.07, 6.45) is 1.87. The van der Waals surface area contributed by atoms with Gasteiger partial charge in [0, 0.05) is 27.9 Å². The number of benzene rings is 2. The van der Waals surface area contributed by atoms with E-state index in [0.29, 0.717) is 11.6 Å². The minimum Gasteiger partial charge on any atom is -0.380 e. The summed E-state index contributed by atoms with van der Waals surface area (Å²) in [5.41, 5.74) is 1.85. The zero-order valence-corrected chi connectivity index (χ0v) is 12.5. The van der Waals surface area contributed by atoms with Crippen LogP contribution in [0.15, 0.2) is 60.0 Å². The van der Waals surface area contributed by atoms with E-state index in [1.54, 1.807) is 17.8 Å². The Hall–Kier alpha value is -1.45. The van der Waals surface area contributed by atoms with Crippen LogP contribution in [0, 0.1) is 5.82 Å². The average molecular weight is 308 g/mol. The van der Waals surface area contributed by atoms with E-state index in [-0.39, 0.29) is 5.82 Å². The highest BCUT2D eigenvalue weighted by atomic mass is 35.5. The van der Waals surface area contributed by atoms with Crippen molar-refractivity contribution in [3.05, 3.63) is 71.5 Å². The van der Waals surface area contributed by atoms with Crippen molar-refractivity contribution in [2.24, 2.45) is 0 Å². The highest BCUT2D eigenvalue weighted by Gasteiger charge is 2.03. The lowest BCUT2D eigenvalue weighted by molar-refractivity contribution is 0.626. The van der Waals surface area contributed by atoms with Gasteiger partial charge in [-0.3, -0.25) is 0 Å². The molecule has 1 N–H and O–H groups in total. The van der Waals surface area contributed by atoms with E-state index in [9.17, 15) is 4.39 Å². The zero-order chi connectivity index (χ0) is 14.4. The Morgan fingerprint density at radius 1 is 1.25 bits per heavy atom. The fraction of sp³-hybridized carbons (Fsp3) is 0.125. The number of halogens is 2. The van der Waals surface area contributed by atoms with E-state index in [2.05, 4.69) is 18.0 Å². The normalized spacial score (nSPS) is 10.3. The Bertz CT molecular complexity index is 581. The smallest absolute Gasteiger partial charge is 0.125 e. The molecule has 0 spiro atoms. The lowest BCUT2D eigenvalue weighted by atomic mass is 10.2. The number of thioether (sulfide) groups is 1. The van der Waals surface area contributed by atoms with Crippen molar-refractivity contribution in [2.45, 2.75) is 11.4 Å². The van der Waals surface area contributed by atoms with E-state index in [1.165, 1.54) is 12.1 Å². The summed E-state index contributed by atoms with van der Waals surface area (Å²) in [5, 5.41) is 3.73. The Morgan fingerprint density at radius 3 is 2.80 bits per heavy atom. The maximum atomic E-state index is 13.3. The fourth-order valence-electron chi connectivity index (χ4n) is 1.80. The number of anilines is 1. The average Bonchev–Trinajstić information content (AvgIpc) is 2.43. The van der Waals surface area contributed by atoms with Crippen molar-refractivity contribution in [3.8, 4) is 0 Å². The van der Waals surface area contributed by atoms with E-state index >= 15 is 0 Å². The zero-order valence-electron chi connectivity index (χ0n) is 10.9. The van der Waals surface area contributed by atoms with Gasteiger partial charge in [0.15, 0.2) is 0 Å². The molecule has 1 nitrogen and oxygen atoms in total. The van der Waals surface area contributed by atoms with E-state index in [1.807, 2.05) is 24.3 Å². The first-order valence-corrected chi connectivity index (χ1v) is 7.57. The van der Waals surface area contributed by atoms with E-state index < -0.39 is 0 Å². The van der Waals surface area contributed by atoms with Gasteiger partial charge >= 0.3 is 0 Å². The first kappa shape index (κ1) is 14.9. The van der Waals surface area contributed by atoms with Crippen molar-refractivity contribution >= 4 is 29.1 Å². The van der Waals surface area contributed by atoms with Crippen molar-refractivity contribution < 1.29 is 4.39 Å². The molecular formula is C16H15ClFNS. The van der Waals surface area contributed by atoms with E-state index in [4.69, 9.17) is 11.6 Å². The van der Waals surface area contributed by atoms with Crippen LogP contribution in [-0.4, -0.2) is 5.75 Å². The molecule has 0 aromatic heterocycles. The summed E-state index contributed by atoms with van der Waals surface area (Å²) in [7, 11) is 0. The molecule has 0 aliphatic rings. The van der Waals surface area contributed by atoms with Crippen LogP contribution in [0.1, 0.15) is 5.56 Å². The van der Waals surface area contributed by atoms with Crippen LogP contribution in [0.3, 0.4) is 0 Å². The molecule has 4 heteroatoms. The molecule has 0 atom stereocenters. The molecule has 0 aliphatic carbocycles. The van der Waals surface area contributed by atoms with Crippen LogP contribution < -0.4 is 5.32 Å². The third-order valence-electron chi connectivity index (χ3n) is 2.65. The molecule has 0 amide bonds. The van der Waals surface area contributed by atoms with Crippen molar-refractivity contribution in [1.82, 2.24) is 0 Å². The van der Waals surface area contributed by atoms with Crippen molar-refractivity contribution in [3.63, 3.8) is 0 Å². The molecule has 20 heavy (non-hydrogen) atoms. The predicted octanol–water partition coefficient (Wildman–Crippen LogP) is 5.37. The lowest BCUT2D eigenvalue weighted by Crippen LogP contribution is -2.01. The molecule has 2 aromatic carbocycles. The molecule has 0 heterocycles. The monoisotopic (exact) mass is 307 g/mol. The Balaban J connectivity index is 2.08. The predicted molar refractivity (Wildman–Crippen MR) is 86.1 cm³/mol. The summed E-state index contributed by atoms with van der Waals surface area (Å²) in [6.45, 7) is 4.25. The van der Waals surface area contributed by atoms with Crippen LogP contribution >= 0.6 is 23.4 Å². The number of para-hydroxylation sites is 1. The second-order valence-electron chi connectivity index (χ2n) is 4.23. The molecule has 0 bridgehead atoms. The molecule has 0 radical (unpaired) electrons. The maximum Gasteiger partial charge on any atom is 0.125 e. The molecule has 0 aliphatic heterocycles. The van der Waals surface area contributed by atoms with Crippen LogP contribution in [0.5, 0.6) is 0 Å². The van der Waals surface area contributed by atoms with Gasteiger partial charge in [0.25, 0.3) is 0 Å². The Morgan fingerprint density at radius 2 is 2.05 bits per heavy atom. The lowest BCUT2D eigenvalue weighted by Gasteiger charge is -2.11.